The van der Waals surface area contributed by atoms with Crippen LogP contribution in [0, 0.1) is 0 Å². The molecule has 6 rings (SSSR count). The average molecular weight is 441 g/mol. The Kier molecular flexibility index (Phi) is 4.12. The largest absolute Gasteiger partial charge is 0.386 e. The molecule has 4 heterocycles. The highest BCUT2D eigenvalue weighted by Gasteiger charge is 2.36. The maximum absolute atomic E-state index is 12.0. The zero-order chi connectivity index (χ0) is 22.7. The number of aryl methyl sites for hydroxylation is 1. The molecule has 9 heteroatoms. The molecule has 1 fully saturated rings. The normalized spacial score (nSPS) is 15.2. The fraction of sp³-hybridized carbons (Fsp3) is 0.208. The van der Waals surface area contributed by atoms with Gasteiger partial charge in [0.15, 0.2) is 11.5 Å². The first kappa shape index (κ1) is 19.6. The lowest BCUT2D eigenvalue weighted by atomic mass is 9.96. The van der Waals surface area contributed by atoms with Crippen molar-refractivity contribution in [3.05, 3.63) is 71.5 Å². The molecule has 3 aromatic heterocycles. The van der Waals surface area contributed by atoms with Crippen molar-refractivity contribution in [2.24, 2.45) is 7.05 Å². The molecule has 0 aliphatic carbocycles. The Morgan fingerprint density at radius 1 is 1.15 bits per heavy atom. The Bertz CT molecular complexity index is 1550. The summed E-state index contributed by atoms with van der Waals surface area (Å²) in [5.74, 6) is 0.638. The number of benzene rings is 2. The van der Waals surface area contributed by atoms with Gasteiger partial charge in [-0.25, -0.2) is 14.8 Å². The van der Waals surface area contributed by atoms with Crippen LogP contribution < -0.4 is 15.9 Å². The number of H-pyrrole nitrogens is 1. The smallest absolute Gasteiger partial charge is 0.326 e. The number of hydrogen-bond acceptors (Lipinski definition) is 6. The Hall–Kier alpha value is -4.11. The minimum Gasteiger partial charge on any atom is -0.386 e. The number of β-amino-alcohol motifs (C(OH)–C–C–N with tert-alkyl or cyclic N) is 1. The standard InChI is InChI=1S/C24H23N7O2/c1-24(33)13-31(14-24)17-6-4-16(5-7-17)26-21-22-25-9-10-30(22)12-19(27-21)15-3-8-20-18(11-15)28-23(32)29(20)2/h3-12,33H,13-14H2,1-2H3,(H,26,27)(H,28,32). The number of imidazole rings is 2. The zero-order valence-electron chi connectivity index (χ0n) is 18.3. The topological polar surface area (TPSA) is 103 Å². The summed E-state index contributed by atoms with van der Waals surface area (Å²) in [5, 5.41) is 13.4. The van der Waals surface area contributed by atoms with Crippen molar-refractivity contribution < 1.29 is 5.11 Å². The van der Waals surface area contributed by atoms with E-state index >= 15 is 0 Å². The summed E-state index contributed by atoms with van der Waals surface area (Å²) in [6, 6.07) is 13.9. The maximum atomic E-state index is 12.0. The van der Waals surface area contributed by atoms with E-state index in [1.807, 2.05) is 66.2 Å². The molecule has 3 N–H and O–H groups in total. The summed E-state index contributed by atoms with van der Waals surface area (Å²) >= 11 is 0. The summed E-state index contributed by atoms with van der Waals surface area (Å²) in [5.41, 5.74) is 5.19. The Balaban J connectivity index is 1.34. The lowest BCUT2D eigenvalue weighted by Crippen LogP contribution is -2.60. The van der Waals surface area contributed by atoms with Crippen LogP contribution in [0.5, 0.6) is 0 Å². The van der Waals surface area contributed by atoms with Crippen LogP contribution in [-0.4, -0.2) is 47.7 Å². The number of nitrogens with zero attached hydrogens (tertiary/aromatic N) is 5. The number of hydrogen-bond donors (Lipinski definition) is 3. The van der Waals surface area contributed by atoms with Crippen LogP contribution in [0.3, 0.4) is 0 Å². The molecular formula is C24H23N7O2. The van der Waals surface area contributed by atoms with Crippen LogP contribution in [0.25, 0.3) is 27.9 Å². The second-order valence-electron chi connectivity index (χ2n) is 8.88. The van der Waals surface area contributed by atoms with E-state index in [4.69, 9.17) is 4.98 Å². The number of aromatic amines is 1. The molecule has 0 atom stereocenters. The van der Waals surface area contributed by atoms with Crippen LogP contribution >= 0.6 is 0 Å². The van der Waals surface area contributed by atoms with Crippen LogP contribution in [0.1, 0.15) is 6.92 Å². The molecule has 5 aromatic rings. The van der Waals surface area contributed by atoms with Gasteiger partial charge in [0.05, 0.1) is 22.3 Å². The first-order valence-electron chi connectivity index (χ1n) is 10.7. The molecule has 0 unspecified atom stereocenters. The van der Waals surface area contributed by atoms with Gasteiger partial charge in [0.2, 0.25) is 0 Å². The van der Waals surface area contributed by atoms with E-state index in [1.54, 1.807) is 17.8 Å². The van der Waals surface area contributed by atoms with Crippen molar-refractivity contribution >= 4 is 33.9 Å². The van der Waals surface area contributed by atoms with Crippen molar-refractivity contribution in [2.45, 2.75) is 12.5 Å². The van der Waals surface area contributed by atoms with Gasteiger partial charge < -0.3 is 24.7 Å². The van der Waals surface area contributed by atoms with Gasteiger partial charge >= 0.3 is 5.69 Å². The lowest BCUT2D eigenvalue weighted by Gasteiger charge is -2.45. The molecule has 0 spiro atoms. The lowest BCUT2D eigenvalue weighted by molar-refractivity contribution is 0.0310. The van der Waals surface area contributed by atoms with Crippen molar-refractivity contribution in [1.82, 2.24) is 23.9 Å². The molecular weight excluding hydrogens is 418 g/mol. The summed E-state index contributed by atoms with van der Waals surface area (Å²) < 4.78 is 3.52. The minimum atomic E-state index is -0.608. The molecule has 0 amide bonds. The second-order valence-corrected chi connectivity index (χ2v) is 8.88. The average Bonchev–Trinajstić information content (AvgIpc) is 3.37. The van der Waals surface area contributed by atoms with E-state index in [0.717, 1.165) is 39.3 Å². The van der Waals surface area contributed by atoms with Gasteiger partial charge in [-0.2, -0.15) is 0 Å². The monoisotopic (exact) mass is 441 g/mol. The van der Waals surface area contributed by atoms with Gasteiger partial charge in [-0.3, -0.25) is 4.57 Å². The van der Waals surface area contributed by atoms with Crippen LogP contribution in [-0.2, 0) is 7.05 Å². The number of rotatable bonds is 4. The summed E-state index contributed by atoms with van der Waals surface area (Å²) in [6.07, 6.45) is 5.55. The quantitative estimate of drug-likeness (QED) is 0.396. The van der Waals surface area contributed by atoms with Gasteiger partial charge in [-0.1, -0.05) is 6.07 Å². The van der Waals surface area contributed by atoms with Crippen molar-refractivity contribution in [1.29, 1.82) is 0 Å². The van der Waals surface area contributed by atoms with Crippen LogP contribution in [0.4, 0.5) is 17.2 Å². The van der Waals surface area contributed by atoms with Crippen molar-refractivity contribution in [3.63, 3.8) is 0 Å². The van der Waals surface area contributed by atoms with E-state index < -0.39 is 5.60 Å². The number of nitrogens with one attached hydrogen (secondary N) is 2. The number of aliphatic hydroxyl groups is 1. The van der Waals surface area contributed by atoms with Gasteiger partial charge in [0.1, 0.15) is 0 Å². The number of fused-ring (bicyclic) bond motifs is 2. The Labute approximate surface area is 189 Å². The number of anilines is 3. The van der Waals surface area contributed by atoms with E-state index in [-0.39, 0.29) is 5.69 Å². The molecule has 0 radical (unpaired) electrons. The third-order valence-corrected chi connectivity index (χ3v) is 6.13. The SMILES string of the molecule is Cn1c(=O)[nH]c2cc(-c3cn4ccnc4c(Nc4ccc(N5CC(C)(O)C5)cc4)n3)ccc21. The predicted molar refractivity (Wildman–Crippen MR) is 128 cm³/mol. The summed E-state index contributed by atoms with van der Waals surface area (Å²) in [7, 11) is 1.74. The van der Waals surface area contributed by atoms with Crippen LogP contribution in [0.2, 0.25) is 0 Å². The Morgan fingerprint density at radius 3 is 2.70 bits per heavy atom. The third kappa shape index (κ3) is 3.33. The Morgan fingerprint density at radius 2 is 1.94 bits per heavy atom. The molecule has 1 aliphatic rings. The minimum absolute atomic E-state index is 0.146. The first-order valence-corrected chi connectivity index (χ1v) is 10.7. The van der Waals surface area contributed by atoms with Crippen molar-refractivity contribution in [2.75, 3.05) is 23.3 Å². The van der Waals surface area contributed by atoms with E-state index in [2.05, 4.69) is 20.2 Å². The zero-order valence-corrected chi connectivity index (χ0v) is 18.3. The highest BCUT2D eigenvalue weighted by atomic mass is 16.3. The highest BCUT2D eigenvalue weighted by Crippen LogP contribution is 2.30. The highest BCUT2D eigenvalue weighted by molar-refractivity contribution is 5.82. The molecule has 9 nitrogen and oxygen atoms in total. The molecule has 2 aromatic carbocycles. The maximum Gasteiger partial charge on any atom is 0.326 e. The van der Waals surface area contributed by atoms with E-state index in [9.17, 15) is 9.90 Å². The molecule has 0 saturated carbocycles. The third-order valence-electron chi connectivity index (χ3n) is 6.13. The molecule has 33 heavy (non-hydrogen) atoms. The second kappa shape index (κ2) is 6.94. The van der Waals surface area contributed by atoms with Gasteiger partial charge in [-0.15, -0.1) is 0 Å². The first-order chi connectivity index (χ1) is 15.9. The van der Waals surface area contributed by atoms with Gasteiger partial charge in [0, 0.05) is 55.7 Å². The van der Waals surface area contributed by atoms with E-state index in [0.29, 0.717) is 18.9 Å². The summed E-state index contributed by atoms with van der Waals surface area (Å²) in [4.78, 5) is 26.3. The van der Waals surface area contributed by atoms with Gasteiger partial charge in [0.25, 0.3) is 0 Å². The summed E-state index contributed by atoms with van der Waals surface area (Å²) in [6.45, 7) is 3.12. The fourth-order valence-electron chi connectivity index (χ4n) is 4.40. The molecule has 166 valence electrons. The fourth-order valence-corrected chi connectivity index (χ4v) is 4.40. The number of aromatic nitrogens is 5. The van der Waals surface area contributed by atoms with Crippen LogP contribution in [0.15, 0.2) is 65.8 Å². The van der Waals surface area contributed by atoms with E-state index in [1.165, 1.54) is 0 Å². The van der Waals surface area contributed by atoms with Crippen molar-refractivity contribution in [3.8, 4) is 11.3 Å². The molecule has 0 bridgehead atoms. The van der Waals surface area contributed by atoms with Gasteiger partial charge in [-0.05, 0) is 43.3 Å². The molecule has 1 saturated heterocycles. The predicted octanol–water partition coefficient (Wildman–Crippen LogP) is 2.89. The molecule has 1 aliphatic heterocycles.